The molecule has 6 heteroatoms. The molecule has 0 amide bonds. The topological polar surface area (TPSA) is 78.9 Å². The first-order valence-corrected chi connectivity index (χ1v) is 26.0. The molecule has 0 aliphatic heterocycles. The lowest BCUT2D eigenvalue weighted by molar-refractivity contribution is -0.167. The molecule has 0 aromatic heterocycles. The van der Waals surface area contributed by atoms with E-state index in [1.165, 1.54) is 154 Å². The molecular weight excluding hydrogens is 745 g/mol. The van der Waals surface area contributed by atoms with Gasteiger partial charge in [-0.05, 0) is 89.9 Å². The Morgan fingerprint density at radius 2 is 0.567 bits per heavy atom. The maximum atomic E-state index is 12.8. The Bertz CT molecular complexity index is 1020. The summed E-state index contributed by atoms with van der Waals surface area (Å²) in [6, 6.07) is 0. The van der Waals surface area contributed by atoms with E-state index in [-0.39, 0.29) is 31.1 Å². The van der Waals surface area contributed by atoms with Gasteiger partial charge in [-0.1, -0.05) is 198 Å². The zero-order valence-corrected chi connectivity index (χ0v) is 40.0. The van der Waals surface area contributed by atoms with E-state index in [1.807, 2.05) is 0 Å². The molecule has 0 spiro atoms. The van der Waals surface area contributed by atoms with Crippen LogP contribution >= 0.6 is 0 Å². The summed E-state index contributed by atoms with van der Waals surface area (Å²) in [5.41, 5.74) is 0. The van der Waals surface area contributed by atoms with Gasteiger partial charge >= 0.3 is 17.9 Å². The number of carbonyl (C=O) groups is 3. The van der Waals surface area contributed by atoms with E-state index in [1.54, 1.807) is 0 Å². The number of allylic oxidation sites excluding steroid dienone is 6. The highest BCUT2D eigenvalue weighted by Gasteiger charge is 2.19. The number of hydrogen-bond donors (Lipinski definition) is 0. The number of hydrogen-bond acceptors (Lipinski definition) is 6. The quantitative estimate of drug-likeness (QED) is 0.0263. The van der Waals surface area contributed by atoms with Crippen LogP contribution in [0.3, 0.4) is 0 Å². The normalized spacial score (nSPS) is 12.2. The van der Waals surface area contributed by atoms with Gasteiger partial charge in [-0.2, -0.15) is 0 Å². The third-order valence-corrected chi connectivity index (χ3v) is 11.3. The van der Waals surface area contributed by atoms with Gasteiger partial charge in [0.1, 0.15) is 13.2 Å². The first kappa shape index (κ1) is 57.6. The minimum Gasteiger partial charge on any atom is -0.462 e. The van der Waals surface area contributed by atoms with E-state index in [4.69, 9.17) is 14.2 Å². The molecule has 0 saturated carbocycles. The van der Waals surface area contributed by atoms with E-state index in [9.17, 15) is 14.4 Å². The molecule has 1 unspecified atom stereocenters. The van der Waals surface area contributed by atoms with E-state index in [0.717, 1.165) is 77.0 Å². The summed E-state index contributed by atoms with van der Waals surface area (Å²) < 4.78 is 16.8. The highest BCUT2D eigenvalue weighted by atomic mass is 16.6. The average molecular weight is 843 g/mol. The summed E-state index contributed by atoms with van der Waals surface area (Å²) in [7, 11) is 0. The Balaban J connectivity index is 4.33. The summed E-state index contributed by atoms with van der Waals surface area (Å²) in [4.78, 5) is 37.9. The van der Waals surface area contributed by atoms with E-state index in [0.29, 0.717) is 19.3 Å². The van der Waals surface area contributed by atoms with Gasteiger partial charge in [0, 0.05) is 19.3 Å². The van der Waals surface area contributed by atoms with Crippen molar-refractivity contribution in [3.63, 3.8) is 0 Å². The summed E-state index contributed by atoms with van der Waals surface area (Å²) in [6.45, 7) is 6.58. The molecule has 0 fully saturated rings. The Labute approximate surface area is 372 Å². The predicted molar refractivity (Wildman–Crippen MR) is 256 cm³/mol. The third-order valence-electron chi connectivity index (χ3n) is 11.3. The van der Waals surface area contributed by atoms with Crippen LogP contribution in [0.15, 0.2) is 36.5 Å². The summed E-state index contributed by atoms with van der Waals surface area (Å²) in [5.74, 6) is -0.894. The fourth-order valence-corrected chi connectivity index (χ4v) is 7.35. The van der Waals surface area contributed by atoms with Gasteiger partial charge in [0.15, 0.2) is 6.10 Å². The largest absolute Gasteiger partial charge is 0.462 e. The molecule has 60 heavy (non-hydrogen) atoms. The van der Waals surface area contributed by atoms with Crippen molar-refractivity contribution < 1.29 is 28.6 Å². The van der Waals surface area contributed by atoms with Gasteiger partial charge in [0.2, 0.25) is 0 Å². The van der Waals surface area contributed by atoms with Gasteiger partial charge in [0.05, 0.1) is 0 Å². The van der Waals surface area contributed by atoms with Crippen molar-refractivity contribution in [2.45, 2.75) is 277 Å². The highest BCUT2D eigenvalue weighted by Crippen LogP contribution is 2.15. The highest BCUT2D eigenvalue weighted by molar-refractivity contribution is 5.71. The number of unbranched alkanes of at least 4 members (excludes halogenated alkanes) is 30. The Kier molecular flexibility index (Phi) is 47.3. The van der Waals surface area contributed by atoms with Crippen LogP contribution in [0.4, 0.5) is 0 Å². The maximum absolute atomic E-state index is 12.8. The van der Waals surface area contributed by atoms with Crippen LogP contribution in [0, 0.1) is 0 Å². The van der Waals surface area contributed by atoms with Crippen LogP contribution in [0.25, 0.3) is 0 Å². The van der Waals surface area contributed by atoms with E-state index < -0.39 is 6.10 Å². The molecule has 0 bridgehead atoms. The Morgan fingerprint density at radius 1 is 0.317 bits per heavy atom. The maximum Gasteiger partial charge on any atom is 0.306 e. The molecule has 0 saturated heterocycles. The van der Waals surface area contributed by atoms with Crippen molar-refractivity contribution in [2.24, 2.45) is 0 Å². The van der Waals surface area contributed by atoms with Crippen LogP contribution in [-0.2, 0) is 28.6 Å². The van der Waals surface area contributed by atoms with E-state index in [2.05, 4.69) is 57.2 Å². The molecular formula is C54H98O6. The number of rotatable bonds is 47. The van der Waals surface area contributed by atoms with Crippen LogP contribution in [0.2, 0.25) is 0 Å². The summed E-state index contributed by atoms with van der Waals surface area (Å²) >= 11 is 0. The standard InChI is InChI=1S/C54H98O6/c1-4-7-10-13-16-19-22-24-25-26-27-28-30-32-35-38-41-44-47-53(56)59-50-51(49-58-52(55)46-43-40-37-34-31-21-18-15-12-9-6-3)60-54(57)48-45-42-39-36-33-29-23-20-17-14-11-8-5-2/h15,18,20,23,25-26,51H,4-14,16-17,19,21-22,24,27-50H2,1-3H3/b18-15-,23-20-,26-25-. The number of ether oxygens (including phenoxy) is 3. The van der Waals surface area contributed by atoms with Gasteiger partial charge in [-0.15, -0.1) is 0 Å². The number of carbonyl (C=O) groups excluding carboxylic acids is 3. The van der Waals surface area contributed by atoms with Gasteiger partial charge < -0.3 is 14.2 Å². The average Bonchev–Trinajstić information content (AvgIpc) is 3.24. The van der Waals surface area contributed by atoms with Crippen LogP contribution in [0.1, 0.15) is 271 Å². The van der Waals surface area contributed by atoms with Crippen LogP contribution in [-0.4, -0.2) is 37.2 Å². The molecule has 0 aliphatic carbocycles. The second kappa shape index (κ2) is 49.3. The van der Waals surface area contributed by atoms with Crippen molar-refractivity contribution in [1.82, 2.24) is 0 Å². The molecule has 0 rings (SSSR count). The third kappa shape index (κ3) is 46.7. The fourth-order valence-electron chi connectivity index (χ4n) is 7.35. The molecule has 0 radical (unpaired) electrons. The molecule has 0 heterocycles. The minimum absolute atomic E-state index is 0.0790. The Hall–Kier alpha value is -2.37. The first-order chi connectivity index (χ1) is 29.5. The van der Waals surface area contributed by atoms with Crippen molar-refractivity contribution in [1.29, 1.82) is 0 Å². The van der Waals surface area contributed by atoms with Gasteiger partial charge in [-0.3, -0.25) is 14.4 Å². The molecule has 0 aromatic carbocycles. The van der Waals surface area contributed by atoms with Crippen molar-refractivity contribution >= 4 is 17.9 Å². The minimum atomic E-state index is -0.778. The molecule has 0 N–H and O–H groups in total. The summed E-state index contributed by atoms with van der Waals surface area (Å²) in [5, 5.41) is 0. The fraction of sp³-hybridized carbons (Fsp3) is 0.833. The van der Waals surface area contributed by atoms with Gasteiger partial charge in [0.25, 0.3) is 0 Å². The zero-order chi connectivity index (χ0) is 43.7. The lowest BCUT2D eigenvalue weighted by atomic mass is 10.1. The Morgan fingerprint density at radius 3 is 0.900 bits per heavy atom. The molecule has 0 aliphatic rings. The smallest absolute Gasteiger partial charge is 0.306 e. The second-order valence-electron chi connectivity index (χ2n) is 17.4. The lowest BCUT2D eigenvalue weighted by Gasteiger charge is -2.18. The van der Waals surface area contributed by atoms with Crippen molar-refractivity contribution in [3.8, 4) is 0 Å². The first-order valence-electron chi connectivity index (χ1n) is 26.0. The van der Waals surface area contributed by atoms with Crippen LogP contribution < -0.4 is 0 Å². The molecule has 0 aromatic rings. The SMILES string of the molecule is CCCC/C=C\CCCCCCCC(=O)OCC(COC(=O)CCCCCCCCC/C=C\CCCCCCCCC)OC(=O)CCCCCCC/C=C\CCCCCC. The molecule has 1 atom stereocenters. The van der Waals surface area contributed by atoms with E-state index >= 15 is 0 Å². The zero-order valence-electron chi connectivity index (χ0n) is 40.0. The van der Waals surface area contributed by atoms with Crippen molar-refractivity contribution in [2.75, 3.05) is 13.2 Å². The van der Waals surface area contributed by atoms with Crippen molar-refractivity contribution in [3.05, 3.63) is 36.5 Å². The second-order valence-corrected chi connectivity index (χ2v) is 17.4. The van der Waals surface area contributed by atoms with Gasteiger partial charge in [-0.25, -0.2) is 0 Å². The summed E-state index contributed by atoms with van der Waals surface area (Å²) in [6.07, 6.45) is 57.0. The lowest BCUT2D eigenvalue weighted by Crippen LogP contribution is -2.30. The molecule has 350 valence electrons. The monoisotopic (exact) mass is 843 g/mol. The predicted octanol–water partition coefficient (Wildman–Crippen LogP) is 16.9. The number of esters is 3. The van der Waals surface area contributed by atoms with Crippen LogP contribution in [0.5, 0.6) is 0 Å². The molecule has 6 nitrogen and oxygen atoms in total.